The van der Waals surface area contributed by atoms with Crippen molar-refractivity contribution < 1.29 is 19.7 Å². The second-order valence-corrected chi connectivity index (χ2v) is 4.03. The molecule has 0 aliphatic carbocycles. The quantitative estimate of drug-likeness (QED) is 0.667. The first kappa shape index (κ1) is 14.1. The molecule has 1 aromatic heterocycles. The fraction of sp³-hybridized carbons (Fsp3) is 0.0909. The van der Waals surface area contributed by atoms with E-state index in [0.717, 1.165) is 16.8 Å². The lowest BCUT2D eigenvalue weighted by molar-refractivity contribution is -0.385. The predicted octanol–water partition coefficient (Wildman–Crippen LogP) is 1.70. The van der Waals surface area contributed by atoms with Gasteiger partial charge >= 0.3 is 11.7 Å². The second-order valence-electron chi connectivity index (χ2n) is 4.03. The Kier molecular flexibility index (Phi) is 3.36. The second kappa shape index (κ2) is 5.00. The van der Waals surface area contributed by atoms with Crippen molar-refractivity contribution in [1.82, 2.24) is 9.78 Å². The van der Waals surface area contributed by atoms with E-state index in [9.17, 15) is 25.0 Å². The highest BCUT2D eigenvalue weighted by molar-refractivity contribution is 5.91. The summed E-state index contributed by atoms with van der Waals surface area (Å²) in [6, 6.07) is 4.84. The summed E-state index contributed by atoms with van der Waals surface area (Å²) < 4.78 is 0.875. The normalized spacial score (nSPS) is 10.3. The molecule has 2 rings (SSSR count). The number of nitrogens with zero attached hydrogens (tertiary/aromatic N) is 4. The number of carboxylic acid groups (broad SMARTS) is 1. The summed E-state index contributed by atoms with van der Waals surface area (Å²) in [6.45, 7) is 1.31. The van der Waals surface area contributed by atoms with Gasteiger partial charge in [0.1, 0.15) is 5.69 Å². The molecule has 1 heterocycles. The molecular formula is C11H8N4O6. The Hall–Kier alpha value is -3.30. The first-order chi connectivity index (χ1) is 9.82. The molecule has 10 nitrogen and oxygen atoms in total. The van der Waals surface area contributed by atoms with Gasteiger partial charge in [0, 0.05) is 12.1 Å². The van der Waals surface area contributed by atoms with Crippen LogP contribution in [0.2, 0.25) is 0 Å². The predicted molar refractivity (Wildman–Crippen MR) is 68.6 cm³/mol. The highest BCUT2D eigenvalue weighted by Gasteiger charge is 2.31. The Balaban J connectivity index is 2.63. The minimum Gasteiger partial charge on any atom is -0.476 e. The summed E-state index contributed by atoms with van der Waals surface area (Å²) in [7, 11) is 0. The number of non-ortho nitro benzene ring substituents is 1. The molecule has 10 heteroatoms. The van der Waals surface area contributed by atoms with Crippen LogP contribution in [-0.4, -0.2) is 30.7 Å². The summed E-state index contributed by atoms with van der Waals surface area (Å²) in [5.74, 6) is -1.51. The summed E-state index contributed by atoms with van der Waals surface area (Å²) >= 11 is 0. The molecule has 0 unspecified atom stereocenters. The maximum Gasteiger partial charge on any atom is 0.361 e. The van der Waals surface area contributed by atoms with Gasteiger partial charge in [0.25, 0.3) is 5.69 Å². The van der Waals surface area contributed by atoms with Gasteiger partial charge in [-0.05, 0) is 19.1 Å². The first-order valence-corrected chi connectivity index (χ1v) is 5.55. The zero-order valence-corrected chi connectivity index (χ0v) is 10.6. The number of carboxylic acids is 1. The van der Waals surface area contributed by atoms with Crippen molar-refractivity contribution >= 4 is 17.3 Å². The zero-order valence-electron chi connectivity index (χ0n) is 10.6. The SMILES string of the molecule is Cc1nn(-c2ccc([N+](=O)[O-])cc2)c(C(=O)O)c1[N+](=O)[O-]. The van der Waals surface area contributed by atoms with Gasteiger partial charge in [-0.1, -0.05) is 0 Å². The van der Waals surface area contributed by atoms with Crippen LogP contribution in [0.1, 0.15) is 16.2 Å². The summed E-state index contributed by atoms with van der Waals surface area (Å²) in [4.78, 5) is 31.3. The molecule has 108 valence electrons. The van der Waals surface area contributed by atoms with Crippen molar-refractivity contribution in [3.05, 3.63) is 55.9 Å². The third kappa shape index (κ3) is 2.41. The summed E-state index contributed by atoms with van der Waals surface area (Å²) in [5, 5.41) is 34.5. The molecular weight excluding hydrogens is 284 g/mol. The van der Waals surface area contributed by atoms with E-state index >= 15 is 0 Å². The van der Waals surface area contributed by atoms with E-state index in [4.69, 9.17) is 5.11 Å². The Morgan fingerprint density at radius 3 is 2.19 bits per heavy atom. The van der Waals surface area contributed by atoms with Crippen LogP contribution < -0.4 is 0 Å². The lowest BCUT2D eigenvalue weighted by atomic mass is 10.2. The van der Waals surface area contributed by atoms with E-state index in [1.165, 1.54) is 19.1 Å². The van der Waals surface area contributed by atoms with Crippen LogP contribution in [0, 0.1) is 27.2 Å². The number of aromatic nitrogens is 2. The van der Waals surface area contributed by atoms with Crippen LogP contribution >= 0.6 is 0 Å². The van der Waals surface area contributed by atoms with Gasteiger partial charge in [0.2, 0.25) is 5.69 Å². The van der Waals surface area contributed by atoms with Crippen LogP contribution in [0.5, 0.6) is 0 Å². The van der Waals surface area contributed by atoms with Gasteiger partial charge in [-0.25, -0.2) is 9.48 Å². The van der Waals surface area contributed by atoms with Crippen LogP contribution in [0.3, 0.4) is 0 Å². The summed E-state index contributed by atoms with van der Waals surface area (Å²) in [5.41, 5.74) is -1.29. The molecule has 1 N–H and O–H groups in total. The van der Waals surface area contributed by atoms with Crippen molar-refractivity contribution in [1.29, 1.82) is 0 Å². The number of rotatable bonds is 4. The topological polar surface area (TPSA) is 141 Å². The standard InChI is InChI=1S/C11H8N4O6/c1-6-9(15(20)21)10(11(16)17)13(12-6)7-2-4-8(5-3-7)14(18)19/h2-5H,1H3,(H,16,17). The van der Waals surface area contributed by atoms with E-state index in [-0.39, 0.29) is 17.1 Å². The number of hydrogen-bond acceptors (Lipinski definition) is 6. The molecule has 0 aliphatic heterocycles. The lowest BCUT2D eigenvalue weighted by Crippen LogP contribution is -2.10. The van der Waals surface area contributed by atoms with E-state index < -0.39 is 27.2 Å². The van der Waals surface area contributed by atoms with E-state index in [1.54, 1.807) is 0 Å². The number of nitro benzene ring substituents is 1. The molecule has 0 spiro atoms. The third-order valence-corrected chi connectivity index (χ3v) is 2.72. The van der Waals surface area contributed by atoms with Gasteiger partial charge in [-0.15, -0.1) is 0 Å². The number of carbonyl (C=O) groups is 1. The average molecular weight is 292 g/mol. The molecule has 0 radical (unpaired) electrons. The van der Waals surface area contributed by atoms with E-state index in [0.29, 0.717) is 0 Å². The monoisotopic (exact) mass is 292 g/mol. The van der Waals surface area contributed by atoms with Gasteiger partial charge in [-0.3, -0.25) is 20.2 Å². The number of aryl methyl sites for hydroxylation is 1. The maximum atomic E-state index is 11.2. The molecule has 0 amide bonds. The van der Waals surface area contributed by atoms with Crippen LogP contribution in [0.15, 0.2) is 24.3 Å². The number of benzene rings is 1. The van der Waals surface area contributed by atoms with Gasteiger partial charge < -0.3 is 5.11 Å². The van der Waals surface area contributed by atoms with Crippen LogP contribution in [0.25, 0.3) is 5.69 Å². The van der Waals surface area contributed by atoms with Gasteiger partial charge in [-0.2, -0.15) is 5.10 Å². The van der Waals surface area contributed by atoms with Crippen LogP contribution in [0.4, 0.5) is 11.4 Å². The first-order valence-electron chi connectivity index (χ1n) is 5.55. The van der Waals surface area contributed by atoms with Crippen molar-refractivity contribution in [3.8, 4) is 5.69 Å². The Morgan fingerprint density at radius 2 is 1.76 bits per heavy atom. The molecule has 0 aliphatic rings. The van der Waals surface area contributed by atoms with Crippen LogP contribution in [-0.2, 0) is 0 Å². The third-order valence-electron chi connectivity index (χ3n) is 2.72. The highest BCUT2D eigenvalue weighted by Crippen LogP contribution is 2.26. The maximum absolute atomic E-state index is 11.2. The molecule has 1 aromatic carbocycles. The Bertz CT molecular complexity index is 749. The number of hydrogen-bond donors (Lipinski definition) is 1. The summed E-state index contributed by atoms with van der Waals surface area (Å²) in [6.07, 6.45) is 0. The molecule has 0 saturated carbocycles. The Labute approximate surface area is 116 Å². The number of nitro groups is 2. The largest absolute Gasteiger partial charge is 0.476 e. The Morgan fingerprint density at radius 1 is 1.19 bits per heavy atom. The zero-order chi connectivity index (χ0) is 15.7. The van der Waals surface area contributed by atoms with Gasteiger partial charge in [0.05, 0.1) is 15.5 Å². The fourth-order valence-corrected chi connectivity index (χ4v) is 1.83. The molecule has 0 bridgehead atoms. The number of aromatic carboxylic acids is 1. The lowest BCUT2D eigenvalue weighted by Gasteiger charge is -2.03. The van der Waals surface area contributed by atoms with Crippen molar-refractivity contribution in [2.75, 3.05) is 0 Å². The minimum absolute atomic E-state index is 0.0595. The molecule has 0 fully saturated rings. The fourth-order valence-electron chi connectivity index (χ4n) is 1.83. The van der Waals surface area contributed by atoms with Crippen molar-refractivity contribution in [2.45, 2.75) is 6.92 Å². The van der Waals surface area contributed by atoms with Crippen molar-refractivity contribution in [2.24, 2.45) is 0 Å². The molecule has 0 atom stereocenters. The molecule has 21 heavy (non-hydrogen) atoms. The highest BCUT2D eigenvalue weighted by atomic mass is 16.6. The molecule has 0 saturated heterocycles. The molecule has 2 aromatic rings. The minimum atomic E-state index is -1.51. The van der Waals surface area contributed by atoms with Gasteiger partial charge in [0.15, 0.2) is 0 Å². The van der Waals surface area contributed by atoms with E-state index in [2.05, 4.69) is 5.10 Å². The smallest absolute Gasteiger partial charge is 0.361 e. The average Bonchev–Trinajstić information content (AvgIpc) is 2.76. The van der Waals surface area contributed by atoms with Crippen molar-refractivity contribution in [3.63, 3.8) is 0 Å². The van der Waals surface area contributed by atoms with E-state index in [1.807, 2.05) is 0 Å².